The Morgan fingerprint density at radius 2 is 1.88 bits per heavy atom. The van der Waals surface area contributed by atoms with Gasteiger partial charge in [0.05, 0.1) is 4.08 Å². The number of thioether (sulfide) groups is 2. The van der Waals surface area contributed by atoms with Crippen LogP contribution in [0.1, 0.15) is 24.8 Å². The molecule has 1 aromatic carbocycles. The van der Waals surface area contributed by atoms with Crippen molar-refractivity contribution in [2.24, 2.45) is 0 Å². The Kier molecular flexibility index (Phi) is 5.05. The molecule has 0 atom stereocenters. The SMILES string of the molecule is C=CCCC1(Cc2ccccc2)SCCCS1. The molecule has 0 spiro atoms. The minimum atomic E-state index is 0.397. The van der Waals surface area contributed by atoms with E-state index < -0.39 is 0 Å². The quantitative estimate of drug-likeness (QED) is 0.703. The third kappa shape index (κ3) is 3.82. The highest BCUT2D eigenvalue weighted by Gasteiger charge is 2.32. The van der Waals surface area contributed by atoms with Gasteiger partial charge in [0.1, 0.15) is 0 Å². The highest BCUT2D eigenvalue weighted by atomic mass is 32.2. The Morgan fingerprint density at radius 1 is 1.18 bits per heavy atom. The summed E-state index contributed by atoms with van der Waals surface area (Å²) in [5.74, 6) is 2.63. The second-order valence-electron chi connectivity index (χ2n) is 4.45. The van der Waals surface area contributed by atoms with Crippen molar-refractivity contribution < 1.29 is 0 Å². The van der Waals surface area contributed by atoms with Gasteiger partial charge in [-0.25, -0.2) is 0 Å². The van der Waals surface area contributed by atoms with Gasteiger partial charge in [0.25, 0.3) is 0 Å². The molecule has 0 unspecified atom stereocenters. The topological polar surface area (TPSA) is 0 Å². The van der Waals surface area contributed by atoms with Crippen LogP contribution in [0.15, 0.2) is 43.0 Å². The van der Waals surface area contributed by atoms with Crippen LogP contribution < -0.4 is 0 Å². The Labute approximate surface area is 113 Å². The average molecular weight is 264 g/mol. The third-order valence-electron chi connectivity index (χ3n) is 3.06. The lowest BCUT2D eigenvalue weighted by atomic mass is 10.1. The van der Waals surface area contributed by atoms with Gasteiger partial charge >= 0.3 is 0 Å². The molecule has 0 aliphatic carbocycles. The molecule has 0 bridgehead atoms. The molecule has 2 heteroatoms. The second-order valence-corrected chi connectivity index (χ2v) is 7.67. The molecule has 1 fully saturated rings. The summed E-state index contributed by atoms with van der Waals surface area (Å²) in [6.07, 6.45) is 6.99. The van der Waals surface area contributed by atoms with Gasteiger partial charge in [0.2, 0.25) is 0 Å². The molecule has 1 heterocycles. The Morgan fingerprint density at radius 3 is 2.53 bits per heavy atom. The predicted molar refractivity (Wildman–Crippen MR) is 81.8 cm³/mol. The summed E-state index contributed by atoms with van der Waals surface area (Å²) in [5.41, 5.74) is 1.47. The average Bonchev–Trinajstić information content (AvgIpc) is 2.39. The lowest BCUT2D eigenvalue weighted by Gasteiger charge is -2.36. The second kappa shape index (κ2) is 6.55. The lowest BCUT2D eigenvalue weighted by Crippen LogP contribution is -2.27. The first-order valence-corrected chi connectivity index (χ1v) is 8.24. The summed E-state index contributed by atoms with van der Waals surface area (Å²) in [4.78, 5) is 0. The van der Waals surface area contributed by atoms with Crippen molar-refractivity contribution >= 4 is 23.5 Å². The van der Waals surface area contributed by atoms with Crippen molar-refractivity contribution in [3.05, 3.63) is 48.6 Å². The smallest absolute Gasteiger partial charge is 0.0654 e. The fraction of sp³-hybridized carbons (Fsp3) is 0.467. The van der Waals surface area contributed by atoms with Crippen molar-refractivity contribution in [2.45, 2.75) is 29.8 Å². The van der Waals surface area contributed by atoms with Gasteiger partial charge in [-0.1, -0.05) is 36.4 Å². The van der Waals surface area contributed by atoms with Crippen molar-refractivity contribution in [3.8, 4) is 0 Å². The van der Waals surface area contributed by atoms with Crippen LogP contribution in [0.5, 0.6) is 0 Å². The van der Waals surface area contributed by atoms with E-state index in [2.05, 4.69) is 66.5 Å². The zero-order valence-corrected chi connectivity index (χ0v) is 11.9. The van der Waals surface area contributed by atoms with E-state index in [1.165, 1.54) is 36.3 Å². The van der Waals surface area contributed by atoms with Gasteiger partial charge in [-0.3, -0.25) is 0 Å². The molecular weight excluding hydrogens is 244 g/mol. The molecule has 2 rings (SSSR count). The van der Waals surface area contributed by atoms with Gasteiger partial charge < -0.3 is 0 Å². The van der Waals surface area contributed by atoms with Crippen LogP contribution in [-0.2, 0) is 6.42 Å². The Hall–Kier alpha value is -0.340. The molecule has 0 nitrogen and oxygen atoms in total. The standard InChI is InChI=1S/C15H20S2/c1-2-3-10-15(16-11-7-12-17-15)13-14-8-5-4-6-9-14/h2,4-6,8-9H,1,3,7,10-13H2. The van der Waals surface area contributed by atoms with Crippen molar-refractivity contribution in [3.63, 3.8) is 0 Å². The van der Waals surface area contributed by atoms with Crippen LogP contribution in [0.3, 0.4) is 0 Å². The van der Waals surface area contributed by atoms with Gasteiger partial charge in [0.15, 0.2) is 0 Å². The number of allylic oxidation sites excluding steroid dienone is 1. The van der Waals surface area contributed by atoms with Crippen LogP contribution in [-0.4, -0.2) is 15.6 Å². The number of benzene rings is 1. The molecule has 0 aromatic heterocycles. The van der Waals surface area contributed by atoms with E-state index in [0.29, 0.717) is 4.08 Å². The van der Waals surface area contributed by atoms with E-state index in [9.17, 15) is 0 Å². The highest BCUT2D eigenvalue weighted by molar-refractivity contribution is 8.18. The zero-order chi connectivity index (χ0) is 12.0. The molecule has 1 saturated heterocycles. The highest BCUT2D eigenvalue weighted by Crippen LogP contribution is 2.47. The van der Waals surface area contributed by atoms with Gasteiger partial charge in [-0.15, -0.1) is 30.1 Å². The van der Waals surface area contributed by atoms with Crippen molar-refractivity contribution in [1.82, 2.24) is 0 Å². The molecule has 1 aromatic rings. The molecule has 1 aliphatic rings. The summed E-state index contributed by atoms with van der Waals surface area (Å²) in [6.45, 7) is 3.86. The third-order valence-corrected chi connectivity index (χ3v) is 6.51. The molecule has 0 saturated carbocycles. The van der Waals surface area contributed by atoms with Crippen LogP contribution in [0.4, 0.5) is 0 Å². The summed E-state index contributed by atoms with van der Waals surface area (Å²) in [5, 5.41) is 0. The molecule has 17 heavy (non-hydrogen) atoms. The van der Waals surface area contributed by atoms with Crippen LogP contribution >= 0.6 is 23.5 Å². The van der Waals surface area contributed by atoms with E-state index in [0.717, 1.165) is 6.42 Å². The maximum absolute atomic E-state index is 3.86. The molecule has 0 N–H and O–H groups in total. The Bertz CT molecular complexity index is 339. The predicted octanol–water partition coefficient (Wildman–Crippen LogP) is 4.76. The fourth-order valence-corrected chi connectivity index (χ4v) is 5.58. The summed E-state index contributed by atoms with van der Waals surface area (Å²) >= 11 is 4.32. The van der Waals surface area contributed by atoms with E-state index in [-0.39, 0.29) is 0 Å². The molecule has 1 aliphatic heterocycles. The van der Waals surface area contributed by atoms with E-state index in [1.54, 1.807) is 0 Å². The largest absolute Gasteiger partial charge is 0.144 e. The van der Waals surface area contributed by atoms with E-state index >= 15 is 0 Å². The number of rotatable bonds is 5. The van der Waals surface area contributed by atoms with Crippen LogP contribution in [0, 0.1) is 0 Å². The van der Waals surface area contributed by atoms with Gasteiger partial charge in [0, 0.05) is 0 Å². The number of hydrogen-bond acceptors (Lipinski definition) is 2. The first-order chi connectivity index (χ1) is 8.35. The maximum Gasteiger partial charge on any atom is 0.0654 e. The number of hydrogen-bond donors (Lipinski definition) is 0. The van der Waals surface area contributed by atoms with Gasteiger partial charge in [-0.05, 0) is 42.8 Å². The molecule has 0 radical (unpaired) electrons. The van der Waals surface area contributed by atoms with Crippen LogP contribution in [0.2, 0.25) is 0 Å². The lowest BCUT2D eigenvalue weighted by molar-refractivity contribution is 0.712. The minimum Gasteiger partial charge on any atom is -0.144 e. The fourth-order valence-electron chi connectivity index (χ4n) is 2.18. The van der Waals surface area contributed by atoms with E-state index in [4.69, 9.17) is 0 Å². The first kappa shape index (κ1) is 13.1. The normalized spacial score (nSPS) is 18.8. The van der Waals surface area contributed by atoms with E-state index in [1.807, 2.05) is 0 Å². The summed E-state index contributed by atoms with van der Waals surface area (Å²) in [6, 6.07) is 10.9. The molecule has 92 valence electrons. The van der Waals surface area contributed by atoms with Crippen LogP contribution in [0.25, 0.3) is 0 Å². The van der Waals surface area contributed by atoms with Crippen molar-refractivity contribution in [2.75, 3.05) is 11.5 Å². The van der Waals surface area contributed by atoms with Gasteiger partial charge in [-0.2, -0.15) is 0 Å². The summed E-state index contributed by atoms with van der Waals surface area (Å²) < 4.78 is 0.397. The summed E-state index contributed by atoms with van der Waals surface area (Å²) in [7, 11) is 0. The molecular formula is C15H20S2. The monoisotopic (exact) mass is 264 g/mol. The Balaban J connectivity index is 2.06. The molecule has 0 amide bonds. The minimum absolute atomic E-state index is 0.397. The first-order valence-electron chi connectivity index (χ1n) is 6.27. The zero-order valence-electron chi connectivity index (χ0n) is 10.2. The van der Waals surface area contributed by atoms with Crippen molar-refractivity contribution in [1.29, 1.82) is 0 Å². The maximum atomic E-state index is 3.86.